The van der Waals surface area contributed by atoms with E-state index in [1.54, 1.807) is 18.5 Å². The SMILES string of the molecule is CN1CCOC(CNC(=O)c2n[nH]c3ccncc23)C1. The normalized spacial score (nSPS) is 20.1. The summed E-state index contributed by atoms with van der Waals surface area (Å²) in [6, 6.07) is 1.79. The van der Waals surface area contributed by atoms with Gasteiger partial charge in [0, 0.05) is 32.0 Å². The van der Waals surface area contributed by atoms with Crippen molar-refractivity contribution in [2.75, 3.05) is 33.3 Å². The molecule has 7 nitrogen and oxygen atoms in total. The number of likely N-dealkylation sites (N-methyl/N-ethyl adjacent to an activating group) is 1. The molecule has 20 heavy (non-hydrogen) atoms. The van der Waals surface area contributed by atoms with Crippen LogP contribution in [0.1, 0.15) is 10.5 Å². The monoisotopic (exact) mass is 275 g/mol. The summed E-state index contributed by atoms with van der Waals surface area (Å²) in [6.45, 7) is 2.94. The van der Waals surface area contributed by atoms with Crippen molar-refractivity contribution in [3.63, 3.8) is 0 Å². The third-order valence-corrected chi connectivity index (χ3v) is 3.41. The van der Waals surface area contributed by atoms with Gasteiger partial charge in [-0.1, -0.05) is 0 Å². The Hall–Kier alpha value is -1.99. The van der Waals surface area contributed by atoms with Gasteiger partial charge < -0.3 is 15.0 Å². The first kappa shape index (κ1) is 13.0. The summed E-state index contributed by atoms with van der Waals surface area (Å²) < 4.78 is 5.61. The highest BCUT2D eigenvalue weighted by atomic mass is 16.5. The minimum absolute atomic E-state index is 0.0287. The molecule has 1 aliphatic rings. The van der Waals surface area contributed by atoms with Gasteiger partial charge >= 0.3 is 0 Å². The number of aromatic amines is 1. The van der Waals surface area contributed by atoms with Gasteiger partial charge in [0.15, 0.2) is 5.69 Å². The molecule has 3 rings (SSSR count). The Morgan fingerprint density at radius 1 is 1.65 bits per heavy atom. The van der Waals surface area contributed by atoms with E-state index in [0.717, 1.165) is 24.0 Å². The number of carbonyl (C=O) groups excluding carboxylic acids is 1. The first-order chi connectivity index (χ1) is 9.74. The zero-order valence-electron chi connectivity index (χ0n) is 11.3. The van der Waals surface area contributed by atoms with Gasteiger partial charge in [0.1, 0.15) is 0 Å². The van der Waals surface area contributed by atoms with Gasteiger partial charge in [-0.3, -0.25) is 14.9 Å². The lowest BCUT2D eigenvalue weighted by molar-refractivity contribution is -0.0175. The number of nitrogens with zero attached hydrogens (tertiary/aromatic N) is 3. The predicted molar refractivity (Wildman–Crippen MR) is 73.5 cm³/mol. The molecule has 1 aliphatic heterocycles. The molecule has 1 atom stereocenters. The van der Waals surface area contributed by atoms with Crippen molar-refractivity contribution in [3.05, 3.63) is 24.2 Å². The fourth-order valence-electron chi connectivity index (χ4n) is 2.31. The standard InChI is InChI=1S/C13H17N5O2/c1-18-4-5-20-9(8-18)6-15-13(19)12-10-7-14-3-2-11(10)16-17-12/h2-3,7,9H,4-6,8H2,1H3,(H,15,19)(H,16,17). The van der Waals surface area contributed by atoms with E-state index in [9.17, 15) is 4.79 Å². The summed E-state index contributed by atoms with van der Waals surface area (Å²) in [5.41, 5.74) is 1.18. The summed E-state index contributed by atoms with van der Waals surface area (Å²) in [5.74, 6) is -0.207. The van der Waals surface area contributed by atoms with Crippen molar-refractivity contribution < 1.29 is 9.53 Å². The van der Waals surface area contributed by atoms with E-state index in [2.05, 4.69) is 25.4 Å². The van der Waals surface area contributed by atoms with Crippen molar-refractivity contribution in [2.24, 2.45) is 0 Å². The average molecular weight is 275 g/mol. The van der Waals surface area contributed by atoms with Crippen LogP contribution in [0.15, 0.2) is 18.5 Å². The molecule has 1 fully saturated rings. The van der Waals surface area contributed by atoms with Crippen LogP contribution in [0.3, 0.4) is 0 Å². The number of H-pyrrole nitrogens is 1. The summed E-state index contributed by atoms with van der Waals surface area (Å²) in [6.07, 6.45) is 3.33. The smallest absolute Gasteiger partial charge is 0.272 e. The maximum Gasteiger partial charge on any atom is 0.272 e. The molecular weight excluding hydrogens is 258 g/mol. The second-order valence-electron chi connectivity index (χ2n) is 4.96. The lowest BCUT2D eigenvalue weighted by atomic mass is 10.2. The molecule has 1 unspecified atom stereocenters. The Morgan fingerprint density at radius 2 is 2.55 bits per heavy atom. The fourth-order valence-corrected chi connectivity index (χ4v) is 2.31. The quantitative estimate of drug-likeness (QED) is 0.825. The number of pyridine rings is 1. The number of fused-ring (bicyclic) bond motifs is 1. The molecule has 7 heteroatoms. The number of aromatic nitrogens is 3. The highest BCUT2D eigenvalue weighted by molar-refractivity contribution is 6.04. The molecule has 2 N–H and O–H groups in total. The Bertz CT molecular complexity index is 612. The summed E-state index contributed by atoms with van der Waals surface area (Å²) in [5, 5.41) is 10.5. The topological polar surface area (TPSA) is 83.1 Å². The number of carbonyl (C=O) groups is 1. The van der Waals surface area contributed by atoms with E-state index < -0.39 is 0 Å². The van der Waals surface area contributed by atoms with E-state index in [1.165, 1.54) is 0 Å². The van der Waals surface area contributed by atoms with Crippen LogP contribution in [-0.2, 0) is 4.74 Å². The Kier molecular flexibility index (Phi) is 3.62. The zero-order valence-corrected chi connectivity index (χ0v) is 11.3. The van der Waals surface area contributed by atoms with E-state index in [-0.39, 0.29) is 12.0 Å². The molecule has 0 radical (unpaired) electrons. The Labute approximate surface area is 116 Å². The van der Waals surface area contributed by atoms with Crippen LogP contribution in [-0.4, -0.2) is 65.4 Å². The molecule has 106 valence electrons. The third kappa shape index (κ3) is 2.63. The largest absolute Gasteiger partial charge is 0.374 e. The number of amides is 1. The van der Waals surface area contributed by atoms with Gasteiger partial charge in [0.25, 0.3) is 5.91 Å². The van der Waals surface area contributed by atoms with Gasteiger partial charge in [-0.15, -0.1) is 0 Å². The number of nitrogens with one attached hydrogen (secondary N) is 2. The lowest BCUT2D eigenvalue weighted by Gasteiger charge is -2.29. The van der Waals surface area contributed by atoms with E-state index in [0.29, 0.717) is 18.8 Å². The molecule has 1 amide bonds. The minimum atomic E-state index is -0.207. The van der Waals surface area contributed by atoms with Gasteiger partial charge in [0.05, 0.1) is 23.6 Å². The van der Waals surface area contributed by atoms with Crippen LogP contribution >= 0.6 is 0 Å². The van der Waals surface area contributed by atoms with Crippen LogP contribution in [0.5, 0.6) is 0 Å². The fraction of sp³-hybridized carbons (Fsp3) is 0.462. The molecule has 1 saturated heterocycles. The molecular formula is C13H17N5O2. The first-order valence-corrected chi connectivity index (χ1v) is 6.60. The Balaban J connectivity index is 1.64. The number of rotatable bonds is 3. The van der Waals surface area contributed by atoms with Crippen molar-refractivity contribution >= 4 is 16.8 Å². The molecule has 0 bridgehead atoms. The average Bonchev–Trinajstić information content (AvgIpc) is 2.89. The molecule has 3 heterocycles. The molecule has 2 aromatic rings. The van der Waals surface area contributed by atoms with Gasteiger partial charge in [-0.05, 0) is 13.1 Å². The minimum Gasteiger partial charge on any atom is -0.374 e. The van der Waals surface area contributed by atoms with Crippen molar-refractivity contribution in [2.45, 2.75) is 6.10 Å². The van der Waals surface area contributed by atoms with Crippen molar-refractivity contribution in [1.82, 2.24) is 25.4 Å². The highest BCUT2D eigenvalue weighted by Crippen LogP contribution is 2.13. The summed E-state index contributed by atoms with van der Waals surface area (Å²) in [4.78, 5) is 18.4. The molecule has 0 saturated carbocycles. The van der Waals surface area contributed by atoms with Gasteiger partial charge in [0.2, 0.25) is 0 Å². The predicted octanol–water partition coefficient (Wildman–Crippen LogP) is 0.0183. The number of hydrogen-bond donors (Lipinski definition) is 2. The van der Waals surface area contributed by atoms with Crippen molar-refractivity contribution in [1.29, 1.82) is 0 Å². The number of morpholine rings is 1. The number of ether oxygens (including phenoxy) is 1. The third-order valence-electron chi connectivity index (χ3n) is 3.41. The summed E-state index contributed by atoms with van der Waals surface area (Å²) >= 11 is 0. The highest BCUT2D eigenvalue weighted by Gasteiger charge is 2.20. The molecule has 0 spiro atoms. The van der Waals surface area contributed by atoms with Gasteiger partial charge in [-0.2, -0.15) is 5.10 Å². The second kappa shape index (κ2) is 5.56. The van der Waals surface area contributed by atoms with Crippen molar-refractivity contribution in [3.8, 4) is 0 Å². The lowest BCUT2D eigenvalue weighted by Crippen LogP contribution is -2.46. The molecule has 0 aliphatic carbocycles. The zero-order chi connectivity index (χ0) is 13.9. The maximum atomic E-state index is 12.2. The van der Waals surface area contributed by atoms with E-state index in [4.69, 9.17) is 4.74 Å². The van der Waals surface area contributed by atoms with Crippen LogP contribution in [0.2, 0.25) is 0 Å². The maximum absolute atomic E-state index is 12.2. The van der Waals surface area contributed by atoms with E-state index >= 15 is 0 Å². The number of hydrogen-bond acceptors (Lipinski definition) is 5. The second-order valence-corrected chi connectivity index (χ2v) is 4.96. The van der Waals surface area contributed by atoms with Crippen LogP contribution in [0, 0.1) is 0 Å². The first-order valence-electron chi connectivity index (χ1n) is 6.60. The van der Waals surface area contributed by atoms with Crippen LogP contribution in [0.4, 0.5) is 0 Å². The summed E-state index contributed by atoms with van der Waals surface area (Å²) in [7, 11) is 2.05. The van der Waals surface area contributed by atoms with Gasteiger partial charge in [-0.25, -0.2) is 0 Å². The Morgan fingerprint density at radius 3 is 3.40 bits per heavy atom. The van der Waals surface area contributed by atoms with Crippen LogP contribution < -0.4 is 5.32 Å². The molecule has 0 aromatic carbocycles. The van der Waals surface area contributed by atoms with Crippen LogP contribution in [0.25, 0.3) is 10.9 Å². The van der Waals surface area contributed by atoms with E-state index in [1.807, 2.05) is 7.05 Å². The molecule has 2 aromatic heterocycles.